The van der Waals surface area contributed by atoms with Crippen LogP contribution in [0.1, 0.15) is 50.2 Å². The third-order valence-corrected chi connectivity index (χ3v) is 5.45. The number of para-hydroxylation sites is 2. The zero-order valence-electron chi connectivity index (χ0n) is 19.7. The molecule has 0 saturated carbocycles. The van der Waals surface area contributed by atoms with Gasteiger partial charge in [0.15, 0.2) is 12.4 Å². The second-order valence-electron chi connectivity index (χ2n) is 9.16. The van der Waals surface area contributed by atoms with Crippen molar-refractivity contribution in [1.29, 1.82) is 0 Å². The summed E-state index contributed by atoms with van der Waals surface area (Å²) in [6.45, 7) is 6.33. The molecule has 34 heavy (non-hydrogen) atoms. The molecule has 0 aliphatic heterocycles. The number of fused-ring (bicyclic) bond motifs is 1. The SMILES string of the molecule is CC(C)(C)c1noc(COC(=O)CCc2nc3ccccc3n(CCc3ccccc3)c2=O)n1. The first-order chi connectivity index (χ1) is 16.3. The van der Waals surface area contributed by atoms with E-state index in [4.69, 9.17) is 9.26 Å². The van der Waals surface area contributed by atoms with Crippen LogP contribution in [0.25, 0.3) is 11.0 Å². The minimum absolute atomic E-state index is 0.0273. The van der Waals surface area contributed by atoms with E-state index in [0.29, 0.717) is 18.1 Å². The van der Waals surface area contributed by atoms with Crippen LogP contribution in [0.3, 0.4) is 0 Å². The van der Waals surface area contributed by atoms with Gasteiger partial charge < -0.3 is 13.8 Å². The van der Waals surface area contributed by atoms with Gasteiger partial charge in [0.25, 0.3) is 11.4 Å². The van der Waals surface area contributed by atoms with E-state index in [-0.39, 0.29) is 36.3 Å². The highest BCUT2D eigenvalue weighted by Crippen LogP contribution is 2.18. The minimum atomic E-state index is -0.458. The van der Waals surface area contributed by atoms with Crippen LogP contribution in [0.4, 0.5) is 0 Å². The third kappa shape index (κ3) is 5.57. The largest absolute Gasteiger partial charge is 0.456 e. The lowest BCUT2D eigenvalue weighted by atomic mass is 9.96. The average molecular weight is 461 g/mol. The summed E-state index contributed by atoms with van der Waals surface area (Å²) in [5.41, 5.74) is 2.55. The Kier molecular flexibility index (Phi) is 6.86. The van der Waals surface area contributed by atoms with Gasteiger partial charge in [-0.05, 0) is 24.1 Å². The van der Waals surface area contributed by atoms with E-state index in [1.54, 1.807) is 4.57 Å². The number of esters is 1. The Balaban J connectivity index is 1.44. The van der Waals surface area contributed by atoms with Crippen LogP contribution in [-0.2, 0) is 40.9 Å². The zero-order chi connectivity index (χ0) is 24.1. The van der Waals surface area contributed by atoms with Crippen molar-refractivity contribution in [3.05, 3.63) is 87.9 Å². The molecule has 0 aliphatic rings. The molecule has 0 unspecified atom stereocenters. The highest BCUT2D eigenvalue weighted by atomic mass is 16.6. The molecule has 0 spiro atoms. The number of hydrogen-bond donors (Lipinski definition) is 0. The van der Waals surface area contributed by atoms with Crippen molar-refractivity contribution in [2.75, 3.05) is 0 Å². The molecule has 2 aromatic carbocycles. The molecule has 8 nitrogen and oxygen atoms in total. The number of aromatic nitrogens is 4. The first-order valence-electron chi connectivity index (χ1n) is 11.3. The Bertz CT molecular complexity index is 1340. The molecule has 2 aromatic heterocycles. The molecule has 8 heteroatoms. The summed E-state index contributed by atoms with van der Waals surface area (Å²) >= 11 is 0. The van der Waals surface area contributed by atoms with E-state index in [1.165, 1.54) is 0 Å². The van der Waals surface area contributed by atoms with E-state index in [1.807, 2.05) is 75.4 Å². The van der Waals surface area contributed by atoms with Crippen molar-refractivity contribution >= 4 is 17.0 Å². The monoisotopic (exact) mass is 460 g/mol. The summed E-state index contributed by atoms with van der Waals surface area (Å²) in [4.78, 5) is 34.3. The van der Waals surface area contributed by atoms with Gasteiger partial charge in [-0.1, -0.05) is 68.4 Å². The molecule has 0 N–H and O–H groups in total. The molecular weight excluding hydrogens is 432 g/mol. The van der Waals surface area contributed by atoms with Gasteiger partial charge in [0, 0.05) is 18.4 Å². The molecule has 2 heterocycles. The number of rotatable bonds is 8. The van der Waals surface area contributed by atoms with Gasteiger partial charge in [-0.15, -0.1) is 0 Å². The topological polar surface area (TPSA) is 100 Å². The molecular formula is C26H28N4O4. The van der Waals surface area contributed by atoms with E-state index in [2.05, 4.69) is 15.1 Å². The first-order valence-corrected chi connectivity index (χ1v) is 11.3. The predicted octanol–water partition coefficient (Wildman–Crippen LogP) is 4.00. The number of benzene rings is 2. The number of carbonyl (C=O) groups is 1. The summed E-state index contributed by atoms with van der Waals surface area (Å²) < 4.78 is 12.2. The minimum Gasteiger partial charge on any atom is -0.456 e. The van der Waals surface area contributed by atoms with Crippen LogP contribution in [0, 0.1) is 0 Å². The molecule has 4 rings (SSSR count). The molecule has 4 aromatic rings. The van der Waals surface area contributed by atoms with Gasteiger partial charge in [0.1, 0.15) is 5.69 Å². The van der Waals surface area contributed by atoms with Crippen LogP contribution < -0.4 is 5.56 Å². The van der Waals surface area contributed by atoms with Gasteiger partial charge >= 0.3 is 5.97 Å². The second-order valence-corrected chi connectivity index (χ2v) is 9.16. The standard InChI is InChI=1S/C26H28N4O4/c1-26(2,3)25-28-22(34-29-25)17-33-23(31)14-13-20-24(32)30(16-15-18-9-5-4-6-10-18)21-12-8-7-11-19(21)27-20/h4-12H,13-17H2,1-3H3. The predicted molar refractivity (Wildman–Crippen MR) is 127 cm³/mol. The molecule has 176 valence electrons. The van der Waals surface area contributed by atoms with E-state index in [0.717, 1.165) is 23.0 Å². The summed E-state index contributed by atoms with van der Waals surface area (Å²) in [6, 6.07) is 17.6. The van der Waals surface area contributed by atoms with Crippen LogP contribution >= 0.6 is 0 Å². The van der Waals surface area contributed by atoms with Gasteiger partial charge in [-0.25, -0.2) is 4.98 Å². The summed E-state index contributed by atoms with van der Waals surface area (Å²) in [5.74, 6) is 0.334. The lowest BCUT2D eigenvalue weighted by Gasteiger charge is -2.12. The van der Waals surface area contributed by atoms with Crippen molar-refractivity contribution in [3.63, 3.8) is 0 Å². The molecule has 0 amide bonds. The van der Waals surface area contributed by atoms with Crippen molar-refractivity contribution in [1.82, 2.24) is 19.7 Å². The Morgan fingerprint density at radius 1 is 1.00 bits per heavy atom. The summed E-state index contributed by atoms with van der Waals surface area (Å²) in [6.07, 6.45) is 0.932. The summed E-state index contributed by atoms with van der Waals surface area (Å²) in [5, 5.41) is 3.92. The maximum Gasteiger partial charge on any atom is 0.306 e. The van der Waals surface area contributed by atoms with Gasteiger partial charge in [0.2, 0.25) is 0 Å². The van der Waals surface area contributed by atoms with Crippen molar-refractivity contribution in [2.24, 2.45) is 0 Å². The number of nitrogens with zero attached hydrogens (tertiary/aromatic N) is 4. The lowest BCUT2D eigenvalue weighted by molar-refractivity contribution is -0.145. The fourth-order valence-corrected chi connectivity index (χ4v) is 3.57. The normalized spacial score (nSPS) is 11.6. The zero-order valence-corrected chi connectivity index (χ0v) is 19.7. The molecule has 0 bridgehead atoms. The van der Waals surface area contributed by atoms with Crippen molar-refractivity contribution < 1.29 is 14.1 Å². The number of hydrogen-bond acceptors (Lipinski definition) is 7. The Hall–Kier alpha value is -3.81. The summed E-state index contributed by atoms with van der Waals surface area (Å²) in [7, 11) is 0. The Morgan fingerprint density at radius 2 is 1.74 bits per heavy atom. The number of aryl methyl sites for hydroxylation is 3. The Labute approximate surface area is 197 Å². The van der Waals surface area contributed by atoms with E-state index < -0.39 is 5.97 Å². The fourth-order valence-electron chi connectivity index (χ4n) is 3.57. The van der Waals surface area contributed by atoms with Gasteiger partial charge in [-0.2, -0.15) is 4.98 Å². The van der Waals surface area contributed by atoms with Crippen LogP contribution in [0.15, 0.2) is 63.9 Å². The molecule has 0 atom stereocenters. The second kappa shape index (κ2) is 9.99. The fraction of sp³-hybridized carbons (Fsp3) is 0.346. The van der Waals surface area contributed by atoms with Crippen LogP contribution in [0.5, 0.6) is 0 Å². The molecule has 0 aliphatic carbocycles. The highest BCUT2D eigenvalue weighted by Gasteiger charge is 2.21. The van der Waals surface area contributed by atoms with Gasteiger partial charge in [-0.3, -0.25) is 9.59 Å². The number of carbonyl (C=O) groups excluding carboxylic acids is 1. The third-order valence-electron chi connectivity index (χ3n) is 5.45. The molecule has 0 radical (unpaired) electrons. The quantitative estimate of drug-likeness (QED) is 0.366. The van der Waals surface area contributed by atoms with Crippen LogP contribution in [-0.4, -0.2) is 25.7 Å². The Morgan fingerprint density at radius 3 is 2.47 bits per heavy atom. The average Bonchev–Trinajstić information content (AvgIpc) is 3.31. The maximum atomic E-state index is 13.2. The number of ether oxygens (including phenoxy) is 1. The van der Waals surface area contributed by atoms with Crippen molar-refractivity contribution in [2.45, 2.75) is 58.6 Å². The maximum absolute atomic E-state index is 13.2. The van der Waals surface area contributed by atoms with Crippen LogP contribution in [0.2, 0.25) is 0 Å². The first kappa shape index (κ1) is 23.4. The van der Waals surface area contributed by atoms with Gasteiger partial charge in [0.05, 0.1) is 17.5 Å². The molecule has 0 fully saturated rings. The smallest absolute Gasteiger partial charge is 0.306 e. The van der Waals surface area contributed by atoms with E-state index >= 15 is 0 Å². The highest BCUT2D eigenvalue weighted by molar-refractivity contribution is 5.75. The lowest BCUT2D eigenvalue weighted by Crippen LogP contribution is -2.27. The van der Waals surface area contributed by atoms with E-state index in [9.17, 15) is 9.59 Å². The molecule has 0 saturated heterocycles. The van der Waals surface area contributed by atoms with Crippen molar-refractivity contribution in [3.8, 4) is 0 Å².